The molecule has 0 atom stereocenters. The van der Waals surface area contributed by atoms with Gasteiger partial charge in [-0.15, -0.1) is 23.1 Å². The molecule has 2 heteroatoms. The van der Waals surface area contributed by atoms with Gasteiger partial charge in [-0.1, -0.05) is 65.0 Å². The van der Waals surface area contributed by atoms with Crippen molar-refractivity contribution in [2.24, 2.45) is 0 Å². The van der Waals surface area contributed by atoms with E-state index in [9.17, 15) is 0 Å². The van der Waals surface area contributed by atoms with Crippen LogP contribution >= 0.6 is 23.1 Å². The Morgan fingerprint density at radius 1 is 1.10 bits per heavy atom. The summed E-state index contributed by atoms with van der Waals surface area (Å²) in [6.45, 7) is 11.5. The molecule has 108 valence electrons. The Bertz CT molecular complexity index is 545. The second-order valence-corrected chi connectivity index (χ2v) is 8.62. The fourth-order valence-electron chi connectivity index (χ4n) is 2.04. The topological polar surface area (TPSA) is 0 Å². The van der Waals surface area contributed by atoms with E-state index in [0.29, 0.717) is 5.92 Å². The molecular weight excluding hydrogens is 280 g/mol. The molecule has 0 aliphatic rings. The van der Waals surface area contributed by atoms with Crippen LogP contribution in [0.3, 0.4) is 0 Å². The lowest BCUT2D eigenvalue weighted by Gasteiger charge is -2.18. The summed E-state index contributed by atoms with van der Waals surface area (Å²) in [6, 6.07) is 13.1. The van der Waals surface area contributed by atoms with Crippen LogP contribution in [0.1, 0.15) is 55.9 Å². The molecule has 0 bridgehead atoms. The van der Waals surface area contributed by atoms with Crippen molar-refractivity contribution < 1.29 is 0 Å². The molecule has 2 rings (SSSR count). The first-order valence-electron chi connectivity index (χ1n) is 7.19. The zero-order chi connectivity index (χ0) is 14.8. The fraction of sp³-hybridized carbons (Fsp3) is 0.444. The smallest absolute Gasteiger partial charge is 0.0238 e. The average molecular weight is 305 g/mol. The lowest BCUT2D eigenvalue weighted by molar-refractivity contribution is 0.593. The third-order valence-electron chi connectivity index (χ3n) is 3.20. The summed E-state index contributed by atoms with van der Waals surface area (Å²) in [5.41, 5.74) is 1.63. The summed E-state index contributed by atoms with van der Waals surface area (Å²) in [5, 5.41) is 0. The van der Waals surface area contributed by atoms with Gasteiger partial charge in [0.2, 0.25) is 0 Å². The summed E-state index contributed by atoms with van der Waals surface area (Å²) >= 11 is 3.96. The molecule has 0 N–H and O–H groups in total. The zero-order valence-corrected chi connectivity index (χ0v) is 14.7. The predicted molar refractivity (Wildman–Crippen MR) is 93.1 cm³/mol. The molecule has 0 spiro atoms. The summed E-state index contributed by atoms with van der Waals surface area (Å²) in [7, 11) is 0. The van der Waals surface area contributed by atoms with E-state index >= 15 is 0 Å². The van der Waals surface area contributed by atoms with E-state index in [2.05, 4.69) is 71.0 Å². The molecule has 0 aliphatic carbocycles. The van der Waals surface area contributed by atoms with Gasteiger partial charge in [0.25, 0.3) is 0 Å². The van der Waals surface area contributed by atoms with Crippen molar-refractivity contribution in [2.45, 2.75) is 56.6 Å². The first kappa shape index (κ1) is 15.7. The molecule has 0 nitrogen and oxygen atoms in total. The van der Waals surface area contributed by atoms with Gasteiger partial charge in [-0.25, -0.2) is 0 Å². The minimum absolute atomic E-state index is 0.233. The van der Waals surface area contributed by atoms with E-state index in [1.54, 1.807) is 0 Å². The van der Waals surface area contributed by atoms with E-state index in [4.69, 9.17) is 0 Å². The molecule has 0 aliphatic heterocycles. The molecule has 0 saturated carbocycles. The minimum atomic E-state index is 0.233. The van der Waals surface area contributed by atoms with E-state index < -0.39 is 0 Å². The van der Waals surface area contributed by atoms with Crippen molar-refractivity contribution in [3.8, 4) is 0 Å². The zero-order valence-electron chi connectivity index (χ0n) is 13.1. The SMILES string of the molecule is CC(C)c1cc(SCc2ccccc2)c(C(C)(C)C)s1. The Kier molecular flexibility index (Phi) is 4.98. The maximum absolute atomic E-state index is 2.41. The number of thiophene rings is 1. The van der Waals surface area contributed by atoms with Crippen LogP contribution in [0.15, 0.2) is 41.3 Å². The van der Waals surface area contributed by atoms with Crippen LogP contribution < -0.4 is 0 Å². The van der Waals surface area contributed by atoms with E-state index in [-0.39, 0.29) is 5.41 Å². The second-order valence-electron chi connectivity index (χ2n) is 6.52. The predicted octanol–water partition coefficient (Wildman–Crippen LogP) is 6.46. The van der Waals surface area contributed by atoms with E-state index in [1.165, 1.54) is 20.2 Å². The molecule has 0 unspecified atom stereocenters. The Hall–Kier alpha value is -0.730. The lowest BCUT2D eigenvalue weighted by atomic mass is 9.95. The van der Waals surface area contributed by atoms with Crippen molar-refractivity contribution in [3.63, 3.8) is 0 Å². The van der Waals surface area contributed by atoms with Crippen molar-refractivity contribution in [1.29, 1.82) is 0 Å². The van der Waals surface area contributed by atoms with Crippen molar-refractivity contribution in [2.75, 3.05) is 0 Å². The molecule has 1 heterocycles. The van der Waals surface area contributed by atoms with Crippen molar-refractivity contribution in [3.05, 3.63) is 51.7 Å². The highest BCUT2D eigenvalue weighted by Gasteiger charge is 2.22. The number of benzene rings is 1. The Morgan fingerprint density at radius 2 is 1.75 bits per heavy atom. The molecule has 0 fully saturated rings. The van der Waals surface area contributed by atoms with Crippen LogP contribution in [0.5, 0.6) is 0 Å². The van der Waals surface area contributed by atoms with Gasteiger partial charge in [-0.2, -0.15) is 0 Å². The van der Waals surface area contributed by atoms with E-state index in [0.717, 1.165) is 5.75 Å². The molecule has 0 saturated heterocycles. The highest BCUT2D eigenvalue weighted by atomic mass is 32.2. The van der Waals surface area contributed by atoms with Crippen molar-refractivity contribution in [1.82, 2.24) is 0 Å². The van der Waals surface area contributed by atoms with Gasteiger partial charge in [-0.3, -0.25) is 0 Å². The molecule has 0 radical (unpaired) electrons. The molecule has 1 aromatic heterocycles. The van der Waals surface area contributed by atoms with Gasteiger partial charge in [-0.05, 0) is 23.0 Å². The summed E-state index contributed by atoms with van der Waals surface area (Å²) < 4.78 is 0. The first-order valence-corrected chi connectivity index (χ1v) is 8.99. The average Bonchev–Trinajstić information content (AvgIpc) is 2.82. The van der Waals surface area contributed by atoms with Crippen molar-refractivity contribution >= 4 is 23.1 Å². The number of thioether (sulfide) groups is 1. The van der Waals surface area contributed by atoms with Gasteiger partial charge >= 0.3 is 0 Å². The van der Waals surface area contributed by atoms with Crippen LogP contribution in [-0.4, -0.2) is 0 Å². The van der Waals surface area contributed by atoms with Gasteiger partial charge in [0, 0.05) is 20.4 Å². The number of rotatable bonds is 4. The maximum Gasteiger partial charge on any atom is 0.0238 e. The van der Waals surface area contributed by atoms with Gasteiger partial charge in [0.15, 0.2) is 0 Å². The lowest BCUT2D eigenvalue weighted by Crippen LogP contribution is -2.09. The molecular formula is C18H24S2. The monoisotopic (exact) mass is 304 g/mol. The van der Waals surface area contributed by atoms with Gasteiger partial charge in [0.05, 0.1) is 0 Å². The van der Waals surface area contributed by atoms with Crippen LogP contribution in [-0.2, 0) is 11.2 Å². The normalized spacial score (nSPS) is 12.1. The highest BCUT2D eigenvalue weighted by Crippen LogP contribution is 2.42. The second kappa shape index (κ2) is 6.36. The highest BCUT2D eigenvalue weighted by molar-refractivity contribution is 7.98. The molecule has 0 amide bonds. The summed E-state index contributed by atoms with van der Waals surface area (Å²) in [6.07, 6.45) is 0. The quantitative estimate of drug-likeness (QED) is 0.584. The Morgan fingerprint density at radius 3 is 2.30 bits per heavy atom. The van der Waals surface area contributed by atoms with Crippen LogP contribution in [0.25, 0.3) is 0 Å². The third kappa shape index (κ3) is 3.89. The van der Waals surface area contributed by atoms with Gasteiger partial charge < -0.3 is 0 Å². The maximum atomic E-state index is 2.41. The third-order valence-corrected chi connectivity index (χ3v) is 6.31. The molecule has 20 heavy (non-hydrogen) atoms. The molecule has 2 aromatic rings. The molecule has 1 aromatic carbocycles. The summed E-state index contributed by atoms with van der Waals surface area (Å²) in [4.78, 5) is 4.50. The number of hydrogen-bond acceptors (Lipinski definition) is 2. The first-order chi connectivity index (χ1) is 9.38. The summed E-state index contributed by atoms with van der Waals surface area (Å²) in [5.74, 6) is 1.67. The van der Waals surface area contributed by atoms with Crippen LogP contribution in [0.4, 0.5) is 0 Å². The Balaban J connectivity index is 2.22. The standard InChI is InChI=1S/C18H24S2/c1-13(2)15-11-16(17(20-15)18(3,4)5)19-12-14-9-7-6-8-10-14/h6-11,13H,12H2,1-5H3. The number of hydrogen-bond donors (Lipinski definition) is 0. The minimum Gasteiger partial charge on any atom is -0.143 e. The van der Waals surface area contributed by atoms with Gasteiger partial charge in [0.1, 0.15) is 0 Å². The van der Waals surface area contributed by atoms with E-state index in [1.807, 2.05) is 23.1 Å². The van der Waals surface area contributed by atoms with Crippen LogP contribution in [0.2, 0.25) is 0 Å². The largest absolute Gasteiger partial charge is 0.143 e. The van der Waals surface area contributed by atoms with Crippen LogP contribution in [0, 0.1) is 0 Å². The fourth-order valence-corrected chi connectivity index (χ4v) is 4.69. The Labute approximate surface area is 131 Å².